The highest BCUT2D eigenvalue weighted by molar-refractivity contribution is 5.73. The number of hydrogen-bond donors (Lipinski definition) is 21. The molecule has 7 aliphatic heterocycles. The van der Waals surface area contributed by atoms with Crippen molar-refractivity contribution in [2.75, 3.05) is 33.0 Å². The van der Waals surface area contributed by atoms with Crippen LogP contribution in [0.4, 0.5) is 0 Å². The Morgan fingerprint density at radius 2 is 0.598 bits per heavy atom. The lowest BCUT2D eigenvalue weighted by atomic mass is 9.93. The fourth-order valence-corrected chi connectivity index (χ4v) is 10.7. The van der Waals surface area contributed by atoms with Gasteiger partial charge in [-0.3, -0.25) is 9.59 Å². The van der Waals surface area contributed by atoms with Gasteiger partial charge in [-0.25, -0.2) is 0 Å². The molecule has 7 fully saturated rings. The van der Waals surface area contributed by atoms with Crippen molar-refractivity contribution in [2.45, 2.75) is 243 Å². The van der Waals surface area contributed by atoms with E-state index in [0.29, 0.717) is 0 Å². The first kappa shape index (κ1) is 67.2. The SMILES string of the molecule is CC(=O)NC1C(OC2C(O)OC(CO)C(OC3OC(CO)C(OC4OC(CO)[C@H](O)[C@H](O)C4O)[C@H](OC4OC(C)C(O)C(O)C4O)C3NC(C)=O)[C@@H]2O)OC(CO)C(OC2OC(CO)[C@H](O)[C@H](O)C2O)[C@@H]1OC1OC(C)C(O)C(O)C1O. The summed E-state index contributed by atoms with van der Waals surface area (Å²) < 4.78 is 77.1. The van der Waals surface area contributed by atoms with Crippen LogP contribution in [0, 0.1) is 0 Å². The normalized spacial score (nSPS) is 51.3. The van der Waals surface area contributed by atoms with E-state index in [1.54, 1.807) is 0 Å². The zero-order valence-corrected chi connectivity index (χ0v) is 44.4. The lowest BCUT2D eigenvalue weighted by Gasteiger charge is -2.52. The molecule has 0 aromatic carbocycles. The Hall–Kier alpha value is -2.34. The van der Waals surface area contributed by atoms with Gasteiger partial charge in [0.2, 0.25) is 11.8 Å². The molecule has 0 aromatic heterocycles. The van der Waals surface area contributed by atoms with Crippen LogP contribution in [0.1, 0.15) is 27.7 Å². The highest BCUT2D eigenvalue weighted by Crippen LogP contribution is 2.39. The molecule has 36 nitrogen and oxygen atoms in total. The molecule has 0 aliphatic carbocycles. The summed E-state index contributed by atoms with van der Waals surface area (Å²) in [5, 5.41) is 210. The van der Waals surface area contributed by atoms with Crippen molar-refractivity contribution in [1.29, 1.82) is 0 Å². The molecular formula is C46H78N2O34. The molecule has 36 heteroatoms. The molecule has 28 unspecified atom stereocenters. The summed E-state index contributed by atoms with van der Waals surface area (Å²) >= 11 is 0. The Labute approximate surface area is 465 Å². The maximum absolute atomic E-state index is 13.1. The molecule has 476 valence electrons. The molecular weight excluding hydrogens is 1120 g/mol. The highest BCUT2D eigenvalue weighted by Gasteiger charge is 2.60. The van der Waals surface area contributed by atoms with E-state index in [-0.39, 0.29) is 0 Å². The average molecular weight is 1200 g/mol. The summed E-state index contributed by atoms with van der Waals surface area (Å²) in [7, 11) is 0. The van der Waals surface area contributed by atoms with Crippen molar-refractivity contribution in [3.05, 3.63) is 0 Å². The summed E-state index contributed by atoms with van der Waals surface area (Å²) in [5.74, 6) is -1.81. The standard InChI is InChI=1S/C46H78N2O34/c1-10-21(56)25(60)29(64)43(70-10)80-37-19(47-12(3)54)41(75-17(8-52)35(37)78-45-31(66)27(62)23(58)14(5-49)73-45)77-34-16(7-51)72-40(69)39(33(34)68)82-42-20(48-13(4)55)38(81-44-30(65)26(61)22(57)11(2)71-44)36(18(9-53)76-42)79-46-32(67)28(63)24(59)15(6-50)74-46/h10-11,14-46,49-53,56-69H,5-9H2,1-4H3,(H,47,54)(H,48,55)/t10?,11?,14?,15?,16?,17?,18?,19?,20?,21?,22?,23-,24-,25?,26?,27-,28-,29?,30?,31?,32?,33-,34?,35?,36?,37+,38+,39?,40?,41?,42?,43?,44?,45?,46?/m0/s1. The first-order chi connectivity index (χ1) is 38.7. The average Bonchev–Trinajstić information content (AvgIpc) is 3.65. The Bertz CT molecular complexity index is 2030. The summed E-state index contributed by atoms with van der Waals surface area (Å²) in [4.78, 5) is 26.2. The Kier molecular flexibility index (Phi) is 23.5. The number of nitrogens with one attached hydrogen (secondary N) is 2. The molecule has 7 aliphatic rings. The van der Waals surface area contributed by atoms with Crippen molar-refractivity contribution in [2.24, 2.45) is 0 Å². The minimum Gasteiger partial charge on any atom is -0.394 e. The van der Waals surface area contributed by atoms with Crippen molar-refractivity contribution in [1.82, 2.24) is 10.6 Å². The van der Waals surface area contributed by atoms with Crippen LogP contribution < -0.4 is 10.6 Å². The number of ether oxygens (including phenoxy) is 13. The van der Waals surface area contributed by atoms with E-state index in [9.17, 15) is 107 Å². The molecule has 0 spiro atoms. The van der Waals surface area contributed by atoms with E-state index < -0.39 is 260 Å². The molecule has 2 amide bonds. The largest absolute Gasteiger partial charge is 0.394 e. The third-order valence-electron chi connectivity index (χ3n) is 15.3. The van der Waals surface area contributed by atoms with E-state index >= 15 is 0 Å². The first-order valence-corrected chi connectivity index (χ1v) is 26.3. The predicted molar refractivity (Wildman–Crippen MR) is 252 cm³/mol. The maximum atomic E-state index is 13.1. The first-order valence-electron chi connectivity index (χ1n) is 26.3. The Morgan fingerprint density at radius 3 is 0.939 bits per heavy atom. The van der Waals surface area contributed by atoms with Crippen molar-refractivity contribution < 1.29 is 168 Å². The number of carbonyl (C=O) groups excluding carboxylic acids is 2. The number of aliphatic hydroxyl groups is 19. The van der Waals surface area contributed by atoms with E-state index in [1.165, 1.54) is 13.8 Å². The summed E-state index contributed by atoms with van der Waals surface area (Å²) in [6.45, 7) is -0.597. The van der Waals surface area contributed by atoms with Crippen molar-refractivity contribution in [3.8, 4) is 0 Å². The zero-order valence-electron chi connectivity index (χ0n) is 44.4. The van der Waals surface area contributed by atoms with Gasteiger partial charge in [0, 0.05) is 13.8 Å². The van der Waals surface area contributed by atoms with E-state index in [4.69, 9.17) is 61.6 Å². The van der Waals surface area contributed by atoms with Crippen LogP contribution >= 0.6 is 0 Å². The third-order valence-corrected chi connectivity index (χ3v) is 15.3. The van der Waals surface area contributed by atoms with Gasteiger partial charge < -0.3 is 169 Å². The van der Waals surface area contributed by atoms with Crippen LogP contribution in [0.25, 0.3) is 0 Å². The quantitative estimate of drug-likeness (QED) is 0.0571. The van der Waals surface area contributed by atoms with E-state index in [2.05, 4.69) is 10.6 Å². The molecule has 21 N–H and O–H groups in total. The molecule has 35 atom stereocenters. The van der Waals surface area contributed by atoms with Crippen molar-refractivity contribution in [3.63, 3.8) is 0 Å². The molecule has 0 bridgehead atoms. The van der Waals surface area contributed by atoms with E-state index in [1.807, 2.05) is 0 Å². The maximum Gasteiger partial charge on any atom is 0.217 e. The highest BCUT2D eigenvalue weighted by atomic mass is 16.8. The van der Waals surface area contributed by atoms with Crippen LogP contribution in [-0.2, 0) is 71.2 Å². The molecule has 0 aromatic rings. The lowest BCUT2D eigenvalue weighted by molar-refractivity contribution is -0.398. The second-order valence-electron chi connectivity index (χ2n) is 21.0. The third kappa shape index (κ3) is 14.1. The van der Waals surface area contributed by atoms with Crippen LogP contribution in [0.3, 0.4) is 0 Å². The van der Waals surface area contributed by atoms with Gasteiger partial charge in [0.15, 0.2) is 44.0 Å². The summed E-state index contributed by atoms with van der Waals surface area (Å²) in [5.41, 5.74) is 0. The number of carbonyl (C=O) groups is 2. The van der Waals surface area contributed by atoms with Gasteiger partial charge >= 0.3 is 0 Å². The van der Waals surface area contributed by atoms with Crippen molar-refractivity contribution >= 4 is 11.8 Å². The van der Waals surface area contributed by atoms with Crippen LogP contribution in [-0.4, -0.2) is 357 Å². The number of amides is 2. The Balaban J connectivity index is 1.23. The fourth-order valence-electron chi connectivity index (χ4n) is 10.7. The Morgan fingerprint density at radius 1 is 0.317 bits per heavy atom. The number of aliphatic hydroxyl groups excluding tert-OH is 19. The predicted octanol–water partition coefficient (Wildman–Crippen LogP) is -13.9. The second kappa shape index (κ2) is 28.7. The van der Waals surface area contributed by atoms with Gasteiger partial charge in [0.25, 0.3) is 0 Å². The molecule has 7 rings (SSSR count). The number of rotatable bonds is 19. The van der Waals surface area contributed by atoms with Gasteiger partial charge in [0.1, 0.15) is 159 Å². The molecule has 0 radical (unpaired) electrons. The summed E-state index contributed by atoms with van der Waals surface area (Å²) in [6, 6.07) is -3.72. The summed E-state index contributed by atoms with van der Waals surface area (Å²) in [6.07, 6.45) is -63.0. The topological polar surface area (TPSA) is 563 Å². The van der Waals surface area contributed by atoms with E-state index in [0.717, 1.165) is 13.8 Å². The van der Waals surface area contributed by atoms with Crippen LogP contribution in [0.2, 0.25) is 0 Å². The second-order valence-corrected chi connectivity index (χ2v) is 21.0. The fraction of sp³-hybridized carbons (Fsp3) is 0.957. The zero-order chi connectivity index (χ0) is 60.5. The van der Waals surface area contributed by atoms with Gasteiger partial charge in [0.05, 0.1) is 45.2 Å². The molecule has 7 saturated heterocycles. The van der Waals surface area contributed by atoms with Crippen LogP contribution in [0.15, 0.2) is 0 Å². The monoisotopic (exact) mass is 1200 g/mol. The van der Waals surface area contributed by atoms with Gasteiger partial charge in [-0.05, 0) is 13.8 Å². The van der Waals surface area contributed by atoms with Crippen LogP contribution in [0.5, 0.6) is 0 Å². The minimum atomic E-state index is -2.31. The minimum absolute atomic E-state index is 0.900. The molecule has 0 saturated carbocycles. The smallest absolute Gasteiger partial charge is 0.217 e. The van der Waals surface area contributed by atoms with Gasteiger partial charge in [-0.15, -0.1) is 0 Å². The molecule has 7 heterocycles. The van der Waals surface area contributed by atoms with Gasteiger partial charge in [-0.2, -0.15) is 0 Å². The molecule has 82 heavy (non-hydrogen) atoms. The van der Waals surface area contributed by atoms with Gasteiger partial charge in [-0.1, -0.05) is 0 Å². The number of hydrogen-bond acceptors (Lipinski definition) is 34. The lowest BCUT2D eigenvalue weighted by Crippen LogP contribution is -2.72.